The summed E-state index contributed by atoms with van der Waals surface area (Å²) < 4.78 is 13.6. The molecule has 0 amide bonds. The zero-order valence-electron chi connectivity index (χ0n) is 13.5. The molecule has 1 aliphatic rings. The third kappa shape index (κ3) is 4.02. The van der Waals surface area contributed by atoms with Crippen molar-refractivity contribution in [2.75, 3.05) is 6.61 Å². The molecule has 2 aromatic rings. The van der Waals surface area contributed by atoms with E-state index in [1.807, 2.05) is 43.5 Å². The van der Waals surface area contributed by atoms with Gasteiger partial charge in [0.05, 0.1) is 11.8 Å². The molecule has 0 spiro atoms. The van der Waals surface area contributed by atoms with Gasteiger partial charge in [-0.2, -0.15) is 0 Å². The largest absolute Gasteiger partial charge is 0.483 e. The summed E-state index contributed by atoms with van der Waals surface area (Å²) in [6.45, 7) is 4.07. The van der Waals surface area contributed by atoms with E-state index in [9.17, 15) is 4.79 Å². The molecule has 2 heterocycles. The molecule has 1 aromatic heterocycles. The zero-order valence-corrected chi connectivity index (χ0v) is 13.5. The first kappa shape index (κ1) is 15.8. The van der Waals surface area contributed by atoms with Gasteiger partial charge in [-0.25, -0.2) is 0 Å². The second-order valence-electron chi connectivity index (χ2n) is 5.99. The van der Waals surface area contributed by atoms with Crippen LogP contribution in [0.4, 0.5) is 0 Å². The fourth-order valence-electron chi connectivity index (χ4n) is 2.96. The maximum absolute atomic E-state index is 12.1. The molecule has 1 fully saturated rings. The molecule has 0 radical (unpaired) electrons. The molecule has 4 nitrogen and oxygen atoms in total. The molecule has 0 bridgehead atoms. The quantitative estimate of drug-likeness (QED) is 0.821. The highest BCUT2D eigenvalue weighted by Gasteiger charge is 2.16. The summed E-state index contributed by atoms with van der Waals surface area (Å²) in [5.41, 5.74) is 1.87. The highest BCUT2D eigenvalue weighted by atomic mass is 16.5. The van der Waals surface area contributed by atoms with Gasteiger partial charge in [-0.05, 0) is 31.7 Å². The summed E-state index contributed by atoms with van der Waals surface area (Å²) in [6.07, 6.45) is 5.46. The van der Waals surface area contributed by atoms with Crippen LogP contribution in [0.15, 0.2) is 47.4 Å². The van der Waals surface area contributed by atoms with Crippen LogP contribution in [0.2, 0.25) is 0 Å². The first-order chi connectivity index (χ1) is 11.2. The number of aromatic nitrogens is 1. The van der Waals surface area contributed by atoms with Gasteiger partial charge in [0, 0.05) is 25.4 Å². The Kier molecular flexibility index (Phi) is 5.13. The van der Waals surface area contributed by atoms with Crippen molar-refractivity contribution in [1.29, 1.82) is 0 Å². The van der Waals surface area contributed by atoms with Gasteiger partial charge in [-0.1, -0.05) is 30.3 Å². The van der Waals surface area contributed by atoms with Crippen LogP contribution in [0.1, 0.15) is 30.5 Å². The molecule has 1 aliphatic heterocycles. The number of pyridine rings is 1. The molecule has 4 heteroatoms. The monoisotopic (exact) mass is 313 g/mol. The Morgan fingerprint density at radius 2 is 2.09 bits per heavy atom. The predicted octanol–water partition coefficient (Wildman–Crippen LogP) is 3.30. The first-order valence-electron chi connectivity index (χ1n) is 8.22. The number of nitrogens with zero attached hydrogens (tertiary/aromatic N) is 1. The minimum Gasteiger partial charge on any atom is -0.483 e. The lowest BCUT2D eigenvalue weighted by Crippen LogP contribution is -2.17. The predicted molar refractivity (Wildman–Crippen MR) is 89.8 cm³/mol. The van der Waals surface area contributed by atoms with Crippen molar-refractivity contribution in [2.45, 2.75) is 45.4 Å². The Balaban J connectivity index is 1.69. The number of benzene rings is 1. The average molecular weight is 313 g/mol. The van der Waals surface area contributed by atoms with Crippen molar-refractivity contribution in [3.05, 3.63) is 64.1 Å². The van der Waals surface area contributed by atoms with Gasteiger partial charge in [-0.3, -0.25) is 4.79 Å². The van der Waals surface area contributed by atoms with Crippen molar-refractivity contribution in [1.82, 2.24) is 4.57 Å². The normalized spacial score (nSPS) is 17.3. The van der Waals surface area contributed by atoms with E-state index in [1.54, 1.807) is 6.07 Å². The molecule has 1 atom stereocenters. The van der Waals surface area contributed by atoms with Crippen molar-refractivity contribution in [3.63, 3.8) is 0 Å². The Morgan fingerprint density at radius 1 is 1.26 bits per heavy atom. The number of ether oxygens (including phenoxy) is 2. The molecule has 1 aromatic carbocycles. The Labute approximate surface area is 136 Å². The maximum atomic E-state index is 12.1. The van der Waals surface area contributed by atoms with Crippen molar-refractivity contribution in [3.8, 4) is 5.75 Å². The summed E-state index contributed by atoms with van der Waals surface area (Å²) >= 11 is 0. The van der Waals surface area contributed by atoms with Gasteiger partial charge >= 0.3 is 0 Å². The van der Waals surface area contributed by atoms with E-state index in [1.165, 1.54) is 0 Å². The first-order valence-corrected chi connectivity index (χ1v) is 8.22. The Bertz CT molecular complexity index is 688. The standard InChI is InChI=1S/C19H23NO3/c1-15-19(23-14-16-6-3-2-4-7-16)18(21)10-12-20(15)11-9-17-8-5-13-22-17/h2-4,6-7,10,12,17H,5,8-9,11,13-14H2,1H3/t17-/m1/s1. The van der Waals surface area contributed by atoms with Crippen LogP contribution in [-0.4, -0.2) is 17.3 Å². The lowest BCUT2D eigenvalue weighted by atomic mass is 10.2. The fourth-order valence-corrected chi connectivity index (χ4v) is 2.96. The smallest absolute Gasteiger partial charge is 0.223 e. The minimum atomic E-state index is -0.0632. The van der Waals surface area contributed by atoms with E-state index in [0.717, 1.165) is 43.7 Å². The topological polar surface area (TPSA) is 40.5 Å². The van der Waals surface area contributed by atoms with Crippen LogP contribution in [0.25, 0.3) is 0 Å². The van der Waals surface area contributed by atoms with Crippen molar-refractivity contribution in [2.24, 2.45) is 0 Å². The number of aryl methyl sites for hydroxylation is 1. The van der Waals surface area contributed by atoms with E-state index in [2.05, 4.69) is 4.57 Å². The molecule has 0 N–H and O–H groups in total. The Morgan fingerprint density at radius 3 is 2.83 bits per heavy atom. The third-order valence-corrected chi connectivity index (χ3v) is 4.33. The van der Waals surface area contributed by atoms with E-state index in [0.29, 0.717) is 18.5 Å². The highest BCUT2D eigenvalue weighted by molar-refractivity contribution is 5.28. The second-order valence-corrected chi connectivity index (χ2v) is 5.99. The second kappa shape index (κ2) is 7.47. The van der Waals surface area contributed by atoms with Crippen molar-refractivity contribution >= 4 is 0 Å². The third-order valence-electron chi connectivity index (χ3n) is 4.33. The molecule has 0 saturated carbocycles. The maximum Gasteiger partial charge on any atom is 0.223 e. The van der Waals surface area contributed by atoms with Gasteiger partial charge in [0.1, 0.15) is 6.61 Å². The van der Waals surface area contributed by atoms with Gasteiger partial charge < -0.3 is 14.0 Å². The molecule has 122 valence electrons. The molecule has 0 aliphatic carbocycles. The minimum absolute atomic E-state index is 0.0632. The average Bonchev–Trinajstić information content (AvgIpc) is 3.08. The van der Waals surface area contributed by atoms with Crippen LogP contribution >= 0.6 is 0 Å². The van der Waals surface area contributed by atoms with Gasteiger partial charge in [0.15, 0.2) is 5.75 Å². The summed E-state index contributed by atoms with van der Waals surface area (Å²) in [5, 5.41) is 0. The van der Waals surface area contributed by atoms with Crippen molar-refractivity contribution < 1.29 is 9.47 Å². The lowest BCUT2D eigenvalue weighted by Gasteiger charge is -2.16. The van der Waals surface area contributed by atoms with E-state index >= 15 is 0 Å². The molecule has 3 rings (SSSR count). The molecule has 1 saturated heterocycles. The lowest BCUT2D eigenvalue weighted by molar-refractivity contribution is 0.100. The van der Waals surface area contributed by atoms with Gasteiger partial charge in [0.25, 0.3) is 0 Å². The van der Waals surface area contributed by atoms with E-state index < -0.39 is 0 Å². The fraction of sp³-hybridized carbons (Fsp3) is 0.421. The summed E-state index contributed by atoms with van der Waals surface area (Å²) in [7, 11) is 0. The number of hydrogen-bond donors (Lipinski definition) is 0. The van der Waals surface area contributed by atoms with E-state index in [-0.39, 0.29) is 5.43 Å². The van der Waals surface area contributed by atoms with Gasteiger partial charge in [-0.15, -0.1) is 0 Å². The summed E-state index contributed by atoms with van der Waals surface area (Å²) in [6, 6.07) is 11.5. The van der Waals surface area contributed by atoms with Crippen LogP contribution in [0.5, 0.6) is 5.75 Å². The summed E-state index contributed by atoms with van der Waals surface area (Å²) in [5.74, 6) is 0.448. The number of rotatable bonds is 6. The van der Waals surface area contributed by atoms with Crippen LogP contribution in [0.3, 0.4) is 0 Å². The molecular weight excluding hydrogens is 290 g/mol. The van der Waals surface area contributed by atoms with E-state index in [4.69, 9.17) is 9.47 Å². The van der Waals surface area contributed by atoms with Crippen LogP contribution in [0, 0.1) is 6.92 Å². The zero-order chi connectivity index (χ0) is 16.1. The SMILES string of the molecule is Cc1c(OCc2ccccc2)c(=O)ccn1CC[C@H]1CCCO1. The van der Waals surface area contributed by atoms with Crippen LogP contribution in [-0.2, 0) is 17.9 Å². The van der Waals surface area contributed by atoms with Gasteiger partial charge in [0.2, 0.25) is 5.43 Å². The Hall–Kier alpha value is -2.07. The van der Waals surface area contributed by atoms with Crippen LogP contribution < -0.4 is 10.2 Å². The summed E-state index contributed by atoms with van der Waals surface area (Å²) in [4.78, 5) is 12.1. The molecule has 0 unspecified atom stereocenters. The molecular formula is C19H23NO3. The number of hydrogen-bond acceptors (Lipinski definition) is 3. The highest BCUT2D eigenvalue weighted by Crippen LogP contribution is 2.18. The molecule has 23 heavy (non-hydrogen) atoms.